The molecule has 0 aliphatic carbocycles. The Hall–Kier alpha value is -0.590. The maximum Gasteiger partial charge on any atom is 0.338 e. The van der Waals surface area contributed by atoms with Gasteiger partial charge in [0.05, 0.1) is 17.1 Å². The van der Waals surface area contributed by atoms with Gasteiger partial charge >= 0.3 is 5.97 Å². The van der Waals surface area contributed by atoms with Crippen molar-refractivity contribution in [3.05, 3.63) is 28.2 Å². The smallest absolute Gasteiger partial charge is 0.338 e. The second kappa shape index (κ2) is 6.04. The number of ether oxygens (including phenoxy) is 1. The Morgan fingerprint density at radius 2 is 2.00 bits per heavy atom. The largest absolute Gasteiger partial charge is 0.462 e. The number of rotatable bonds is 4. The van der Waals surface area contributed by atoms with Crippen LogP contribution in [0, 0.1) is 5.92 Å². The summed E-state index contributed by atoms with van der Waals surface area (Å²) in [7, 11) is 1.36. The molecule has 0 aliphatic rings. The van der Waals surface area contributed by atoms with E-state index in [2.05, 4.69) is 15.9 Å². The summed E-state index contributed by atoms with van der Waals surface area (Å²) in [5, 5.41) is 0. The normalized spacial score (nSPS) is 11.6. The second-order valence-electron chi connectivity index (χ2n) is 4.11. The van der Waals surface area contributed by atoms with Gasteiger partial charge in [-0.2, -0.15) is 0 Å². The quantitative estimate of drug-likeness (QED) is 0.615. The number of benzene rings is 1. The summed E-state index contributed by atoms with van der Waals surface area (Å²) in [6, 6.07) is 3.99. The number of halogens is 2. The molecule has 1 rings (SSSR count). The van der Waals surface area contributed by atoms with Crippen molar-refractivity contribution >= 4 is 41.6 Å². The van der Waals surface area contributed by atoms with Crippen LogP contribution in [0.25, 0.3) is 0 Å². The zero-order valence-corrected chi connectivity index (χ0v) is 13.0. The Bertz CT molecular complexity index is 554. The van der Waals surface area contributed by atoms with Gasteiger partial charge in [-0.25, -0.2) is 13.2 Å². The molecule has 0 radical (unpaired) electrons. The van der Waals surface area contributed by atoms with E-state index in [0.717, 1.165) is 0 Å². The zero-order chi connectivity index (χ0) is 13.9. The van der Waals surface area contributed by atoms with Gasteiger partial charge in [-0.1, -0.05) is 29.8 Å². The molecule has 0 atom stereocenters. The molecule has 100 valence electrons. The van der Waals surface area contributed by atoms with E-state index in [4.69, 9.17) is 15.4 Å². The lowest BCUT2D eigenvalue weighted by Crippen LogP contribution is -2.10. The van der Waals surface area contributed by atoms with Gasteiger partial charge in [0.1, 0.15) is 0 Å². The summed E-state index contributed by atoms with van der Waals surface area (Å²) < 4.78 is 27.9. The maximum absolute atomic E-state index is 11.7. The Kier molecular flexibility index (Phi) is 5.19. The van der Waals surface area contributed by atoms with Crippen LogP contribution in [-0.4, -0.2) is 21.0 Å². The van der Waals surface area contributed by atoms with Gasteiger partial charge in [0.15, 0.2) is 0 Å². The first-order valence-electron chi connectivity index (χ1n) is 5.12. The molecule has 0 aromatic heterocycles. The SMILES string of the molecule is CC(C)COC(=O)c1cc(Br)cc(S(=O)(=O)Cl)c1. The van der Waals surface area contributed by atoms with Gasteiger partial charge in [-0.3, -0.25) is 0 Å². The first kappa shape index (κ1) is 15.5. The van der Waals surface area contributed by atoms with Gasteiger partial charge in [0.2, 0.25) is 0 Å². The predicted molar refractivity (Wildman–Crippen MR) is 72.3 cm³/mol. The number of hydrogen-bond acceptors (Lipinski definition) is 4. The molecule has 18 heavy (non-hydrogen) atoms. The Morgan fingerprint density at radius 1 is 1.39 bits per heavy atom. The van der Waals surface area contributed by atoms with Crippen molar-refractivity contribution in [2.45, 2.75) is 18.7 Å². The van der Waals surface area contributed by atoms with Crippen molar-refractivity contribution in [2.24, 2.45) is 5.92 Å². The summed E-state index contributed by atoms with van der Waals surface area (Å²) in [6.07, 6.45) is 0. The molecular formula is C11H12BrClO4S. The van der Waals surface area contributed by atoms with Crippen LogP contribution in [0.5, 0.6) is 0 Å². The van der Waals surface area contributed by atoms with E-state index < -0.39 is 15.0 Å². The molecule has 0 amide bonds. The molecule has 1 aromatic carbocycles. The van der Waals surface area contributed by atoms with Gasteiger partial charge in [0.25, 0.3) is 9.05 Å². The Morgan fingerprint density at radius 3 is 2.50 bits per heavy atom. The third-order valence-corrected chi connectivity index (χ3v) is 3.73. The van der Waals surface area contributed by atoms with Gasteiger partial charge in [-0.15, -0.1) is 0 Å². The minimum atomic E-state index is -3.88. The van der Waals surface area contributed by atoms with Crippen LogP contribution in [0.2, 0.25) is 0 Å². The molecule has 0 heterocycles. The predicted octanol–water partition coefficient (Wildman–Crippen LogP) is 3.19. The van der Waals surface area contributed by atoms with Crippen LogP contribution in [0.4, 0.5) is 0 Å². The highest BCUT2D eigenvalue weighted by atomic mass is 79.9. The minimum Gasteiger partial charge on any atom is -0.462 e. The van der Waals surface area contributed by atoms with Crippen LogP contribution in [-0.2, 0) is 13.8 Å². The van der Waals surface area contributed by atoms with Gasteiger partial charge in [-0.05, 0) is 24.1 Å². The molecule has 0 unspecified atom stereocenters. The average molecular weight is 356 g/mol. The summed E-state index contributed by atoms with van der Waals surface area (Å²) in [4.78, 5) is 11.6. The highest BCUT2D eigenvalue weighted by Gasteiger charge is 2.16. The van der Waals surface area contributed by atoms with Gasteiger partial charge < -0.3 is 4.74 Å². The van der Waals surface area contributed by atoms with Gasteiger partial charge in [0, 0.05) is 15.2 Å². The fourth-order valence-corrected chi connectivity index (χ4v) is 2.59. The van der Waals surface area contributed by atoms with E-state index in [0.29, 0.717) is 4.47 Å². The fourth-order valence-electron chi connectivity index (χ4n) is 1.15. The molecule has 0 aliphatic heterocycles. The molecule has 1 aromatic rings. The van der Waals surface area contributed by atoms with Crippen molar-refractivity contribution in [1.82, 2.24) is 0 Å². The standard InChI is InChI=1S/C11H12BrClO4S/c1-7(2)6-17-11(14)8-3-9(12)5-10(4-8)18(13,15)16/h3-5,7H,6H2,1-2H3. The third-order valence-electron chi connectivity index (χ3n) is 1.94. The zero-order valence-electron chi connectivity index (χ0n) is 9.81. The summed E-state index contributed by atoms with van der Waals surface area (Å²) in [5.74, 6) is -0.371. The van der Waals surface area contributed by atoms with E-state index in [-0.39, 0.29) is 23.0 Å². The molecule has 7 heteroatoms. The molecular weight excluding hydrogens is 344 g/mol. The second-order valence-corrected chi connectivity index (χ2v) is 7.59. The topological polar surface area (TPSA) is 60.4 Å². The van der Waals surface area contributed by atoms with E-state index in [9.17, 15) is 13.2 Å². The Balaban J connectivity index is 3.03. The van der Waals surface area contributed by atoms with Crippen molar-refractivity contribution in [3.63, 3.8) is 0 Å². The molecule has 0 bridgehead atoms. The van der Waals surface area contributed by atoms with Crippen LogP contribution >= 0.6 is 26.6 Å². The molecule has 0 saturated carbocycles. The summed E-state index contributed by atoms with van der Waals surface area (Å²) in [5.41, 5.74) is 0.143. The number of carbonyl (C=O) groups excluding carboxylic acids is 1. The first-order valence-corrected chi connectivity index (χ1v) is 8.23. The molecule has 0 saturated heterocycles. The lowest BCUT2D eigenvalue weighted by Gasteiger charge is -2.08. The van der Waals surface area contributed by atoms with E-state index in [1.807, 2.05) is 13.8 Å². The minimum absolute atomic E-state index is 0.143. The molecule has 0 spiro atoms. The van der Waals surface area contributed by atoms with E-state index in [1.165, 1.54) is 18.2 Å². The lowest BCUT2D eigenvalue weighted by atomic mass is 10.2. The average Bonchev–Trinajstić information content (AvgIpc) is 2.23. The Labute approximate surface area is 119 Å². The fraction of sp³-hybridized carbons (Fsp3) is 0.364. The number of hydrogen-bond donors (Lipinski definition) is 0. The van der Waals surface area contributed by atoms with E-state index >= 15 is 0 Å². The van der Waals surface area contributed by atoms with Crippen molar-refractivity contribution in [2.75, 3.05) is 6.61 Å². The van der Waals surface area contributed by atoms with Crippen molar-refractivity contribution in [1.29, 1.82) is 0 Å². The maximum atomic E-state index is 11.7. The molecule has 4 nitrogen and oxygen atoms in total. The van der Waals surface area contributed by atoms with Crippen LogP contribution in [0.3, 0.4) is 0 Å². The molecule has 0 fully saturated rings. The van der Waals surface area contributed by atoms with E-state index in [1.54, 1.807) is 0 Å². The highest BCUT2D eigenvalue weighted by molar-refractivity contribution is 9.10. The summed E-state index contributed by atoms with van der Waals surface area (Å²) in [6.45, 7) is 4.08. The summed E-state index contributed by atoms with van der Waals surface area (Å²) >= 11 is 3.12. The van der Waals surface area contributed by atoms with Crippen LogP contribution < -0.4 is 0 Å². The number of carbonyl (C=O) groups is 1. The van der Waals surface area contributed by atoms with Crippen molar-refractivity contribution < 1.29 is 17.9 Å². The third kappa shape index (κ3) is 4.59. The van der Waals surface area contributed by atoms with Crippen LogP contribution in [0.1, 0.15) is 24.2 Å². The van der Waals surface area contributed by atoms with Crippen molar-refractivity contribution in [3.8, 4) is 0 Å². The first-order chi connectivity index (χ1) is 8.20. The van der Waals surface area contributed by atoms with Crippen LogP contribution in [0.15, 0.2) is 27.6 Å². The monoisotopic (exact) mass is 354 g/mol. The highest BCUT2D eigenvalue weighted by Crippen LogP contribution is 2.23. The number of esters is 1. The molecule has 0 N–H and O–H groups in total. The lowest BCUT2D eigenvalue weighted by molar-refractivity contribution is 0.0458.